The Morgan fingerprint density at radius 1 is 0.960 bits per heavy atom. The van der Waals surface area contributed by atoms with Gasteiger partial charge in [0.15, 0.2) is 0 Å². The van der Waals surface area contributed by atoms with E-state index < -0.39 is 0 Å². The molecule has 0 spiro atoms. The minimum absolute atomic E-state index is 0. The number of benzene rings is 2. The molecule has 2 aromatic carbocycles. The van der Waals surface area contributed by atoms with E-state index in [0.717, 1.165) is 0 Å². The highest BCUT2D eigenvalue weighted by Crippen LogP contribution is 2.44. The Morgan fingerprint density at radius 2 is 1.60 bits per heavy atom. The van der Waals surface area contributed by atoms with Crippen molar-refractivity contribution < 1.29 is 0 Å². The van der Waals surface area contributed by atoms with E-state index in [1.807, 2.05) is 0 Å². The first-order valence-corrected chi connectivity index (χ1v) is 9.05. The number of fused-ring (bicyclic) bond motifs is 1. The van der Waals surface area contributed by atoms with Gasteiger partial charge in [-0.3, -0.25) is 0 Å². The topological polar surface area (TPSA) is 27.8 Å². The average molecular weight is 399 g/mol. The van der Waals surface area contributed by atoms with Gasteiger partial charge in [-0.25, -0.2) is 0 Å². The number of para-hydroxylation sites is 1. The van der Waals surface area contributed by atoms with Crippen LogP contribution in [0.15, 0.2) is 54.6 Å². The van der Waals surface area contributed by atoms with E-state index in [-0.39, 0.29) is 22.5 Å². The average Bonchev–Trinajstić information content (AvgIpc) is 3.00. The van der Waals surface area contributed by atoms with E-state index in [4.69, 9.17) is 0 Å². The number of aromatic nitrogens is 1. The van der Waals surface area contributed by atoms with Crippen molar-refractivity contribution in [3.05, 3.63) is 71.4 Å². The summed E-state index contributed by atoms with van der Waals surface area (Å²) in [6.07, 6.45) is 4.83. The van der Waals surface area contributed by atoms with Crippen molar-refractivity contribution in [1.29, 1.82) is 0 Å². The smallest absolute Gasteiger partial charge is 0.0458 e. The van der Waals surface area contributed by atoms with Gasteiger partial charge in [0.05, 0.1) is 0 Å². The molecule has 0 bridgehead atoms. The minimum atomic E-state index is 0. The molecule has 1 aliphatic rings. The third-order valence-corrected chi connectivity index (χ3v) is 6.06. The Kier molecular flexibility index (Phi) is 5.35. The van der Waals surface area contributed by atoms with E-state index in [9.17, 15) is 0 Å². The number of hydrogen-bond donors (Lipinski definition) is 2. The molecule has 25 heavy (non-hydrogen) atoms. The van der Waals surface area contributed by atoms with Crippen LogP contribution in [0.3, 0.4) is 0 Å². The maximum atomic E-state index is 3.70. The molecule has 0 unspecified atom stereocenters. The van der Waals surface area contributed by atoms with Crippen LogP contribution in [0.4, 0.5) is 0 Å². The summed E-state index contributed by atoms with van der Waals surface area (Å²) >= 11 is 0. The first-order valence-electron chi connectivity index (χ1n) is 9.05. The molecule has 0 radical (unpaired) electrons. The highest BCUT2D eigenvalue weighted by molar-refractivity contribution is 8.93. The van der Waals surface area contributed by atoms with Gasteiger partial charge < -0.3 is 10.3 Å². The molecule has 3 aromatic rings. The van der Waals surface area contributed by atoms with Gasteiger partial charge in [-0.1, -0.05) is 48.5 Å². The standard InChI is InChI=1S/C22H26N2.BrH/c1-16-19-10-6-7-11-20(19)24-21(16)17-12-14-22(23-2,15-13-17)18-8-4-3-5-9-18;/h3-11,17,23-24H,12-15H2,1-2H3;1H. The number of aryl methyl sites for hydroxylation is 1. The van der Waals surface area contributed by atoms with Gasteiger partial charge >= 0.3 is 0 Å². The predicted octanol–water partition coefficient (Wildman–Crippen LogP) is 5.83. The van der Waals surface area contributed by atoms with Crippen LogP contribution in [0.2, 0.25) is 0 Å². The minimum Gasteiger partial charge on any atom is -0.358 e. The molecule has 1 saturated carbocycles. The molecule has 0 saturated heterocycles. The lowest BCUT2D eigenvalue weighted by molar-refractivity contribution is 0.229. The number of nitrogens with one attached hydrogen (secondary N) is 2. The summed E-state index contributed by atoms with van der Waals surface area (Å²) in [6, 6.07) is 19.6. The zero-order valence-electron chi connectivity index (χ0n) is 15.0. The first-order chi connectivity index (χ1) is 11.7. The third-order valence-electron chi connectivity index (χ3n) is 6.06. The molecular formula is C22H27BrN2. The SMILES string of the molecule is Br.CNC1(c2ccccc2)CCC(c2[nH]c3ccccc3c2C)CC1. The highest BCUT2D eigenvalue weighted by atomic mass is 79.9. The van der Waals surface area contributed by atoms with Gasteiger partial charge in [0, 0.05) is 22.1 Å². The van der Waals surface area contributed by atoms with Gasteiger partial charge in [0.25, 0.3) is 0 Å². The van der Waals surface area contributed by atoms with Crippen LogP contribution in [0, 0.1) is 6.92 Å². The predicted molar refractivity (Wildman–Crippen MR) is 112 cm³/mol. The number of H-pyrrole nitrogens is 1. The van der Waals surface area contributed by atoms with E-state index >= 15 is 0 Å². The Bertz CT molecular complexity index is 830. The van der Waals surface area contributed by atoms with Crippen LogP contribution in [0.5, 0.6) is 0 Å². The van der Waals surface area contributed by atoms with Crippen LogP contribution in [0.1, 0.15) is 48.4 Å². The number of rotatable bonds is 3. The van der Waals surface area contributed by atoms with Crippen molar-refractivity contribution in [2.75, 3.05) is 7.05 Å². The summed E-state index contributed by atoms with van der Waals surface area (Å²) in [5.74, 6) is 0.641. The number of hydrogen-bond acceptors (Lipinski definition) is 1. The molecule has 1 aliphatic carbocycles. The van der Waals surface area contributed by atoms with Gasteiger partial charge in [-0.05, 0) is 62.8 Å². The van der Waals surface area contributed by atoms with E-state index in [2.05, 4.69) is 78.9 Å². The quantitative estimate of drug-likeness (QED) is 0.570. The Hall–Kier alpha value is -1.58. The van der Waals surface area contributed by atoms with Gasteiger partial charge in [0.1, 0.15) is 0 Å². The largest absolute Gasteiger partial charge is 0.358 e. The zero-order chi connectivity index (χ0) is 16.6. The van der Waals surface area contributed by atoms with Gasteiger partial charge in [-0.2, -0.15) is 0 Å². The molecule has 132 valence electrons. The summed E-state index contributed by atoms with van der Waals surface area (Å²) in [6.45, 7) is 2.27. The number of halogens is 1. The second-order valence-electron chi connectivity index (χ2n) is 7.18. The van der Waals surface area contributed by atoms with Crippen LogP contribution in [-0.2, 0) is 5.54 Å². The molecule has 0 aliphatic heterocycles. The molecular weight excluding hydrogens is 372 g/mol. The fourth-order valence-corrected chi connectivity index (χ4v) is 4.55. The van der Waals surface area contributed by atoms with E-state index in [1.54, 1.807) is 0 Å². The molecule has 1 heterocycles. The fraction of sp³-hybridized carbons (Fsp3) is 0.364. The van der Waals surface area contributed by atoms with E-state index in [1.165, 1.54) is 53.4 Å². The lowest BCUT2D eigenvalue weighted by Crippen LogP contribution is -2.42. The first kappa shape index (κ1) is 18.2. The summed E-state index contributed by atoms with van der Waals surface area (Å²) < 4.78 is 0. The highest BCUT2D eigenvalue weighted by Gasteiger charge is 2.36. The summed E-state index contributed by atoms with van der Waals surface area (Å²) in [4.78, 5) is 3.70. The van der Waals surface area contributed by atoms with Crippen LogP contribution >= 0.6 is 17.0 Å². The Labute approximate surface area is 160 Å². The summed E-state index contributed by atoms with van der Waals surface area (Å²) in [5.41, 5.74) is 5.73. The van der Waals surface area contributed by atoms with Crippen molar-refractivity contribution in [3.63, 3.8) is 0 Å². The summed E-state index contributed by atoms with van der Waals surface area (Å²) in [7, 11) is 2.11. The van der Waals surface area contributed by atoms with Crippen LogP contribution < -0.4 is 5.32 Å². The molecule has 2 nitrogen and oxygen atoms in total. The molecule has 3 heteroatoms. The Balaban J connectivity index is 0.00000182. The molecule has 1 fully saturated rings. The van der Waals surface area contributed by atoms with Gasteiger partial charge in [0.2, 0.25) is 0 Å². The molecule has 4 rings (SSSR count). The second-order valence-corrected chi connectivity index (χ2v) is 7.18. The Morgan fingerprint density at radius 3 is 2.24 bits per heavy atom. The normalized spacial score (nSPS) is 23.4. The number of aromatic amines is 1. The van der Waals surface area contributed by atoms with Crippen molar-refractivity contribution in [2.24, 2.45) is 0 Å². The zero-order valence-corrected chi connectivity index (χ0v) is 16.7. The van der Waals surface area contributed by atoms with Crippen molar-refractivity contribution in [3.8, 4) is 0 Å². The molecule has 2 N–H and O–H groups in total. The maximum absolute atomic E-state index is 3.70. The van der Waals surface area contributed by atoms with Crippen LogP contribution in [-0.4, -0.2) is 12.0 Å². The monoisotopic (exact) mass is 398 g/mol. The summed E-state index contributed by atoms with van der Waals surface area (Å²) in [5, 5.41) is 5.01. The fourth-order valence-electron chi connectivity index (χ4n) is 4.55. The third kappa shape index (κ3) is 3.16. The maximum Gasteiger partial charge on any atom is 0.0458 e. The molecule has 0 amide bonds. The van der Waals surface area contributed by atoms with Crippen molar-refractivity contribution >= 4 is 27.9 Å². The lowest BCUT2D eigenvalue weighted by atomic mass is 9.71. The van der Waals surface area contributed by atoms with Crippen LogP contribution in [0.25, 0.3) is 10.9 Å². The molecule has 0 atom stereocenters. The van der Waals surface area contributed by atoms with Crippen molar-refractivity contribution in [1.82, 2.24) is 10.3 Å². The second kappa shape index (κ2) is 7.35. The van der Waals surface area contributed by atoms with E-state index in [0.29, 0.717) is 5.92 Å². The van der Waals surface area contributed by atoms with Crippen molar-refractivity contribution in [2.45, 2.75) is 44.1 Å². The molecule has 1 aromatic heterocycles. The lowest BCUT2D eigenvalue weighted by Gasteiger charge is -2.40. The van der Waals surface area contributed by atoms with Gasteiger partial charge in [-0.15, -0.1) is 17.0 Å².